The van der Waals surface area contributed by atoms with Crippen LogP contribution in [0.3, 0.4) is 0 Å². The second kappa shape index (κ2) is 4.49. The number of rotatable bonds is 1. The Kier molecular flexibility index (Phi) is 2.62. The Morgan fingerprint density at radius 1 is 1.19 bits per heavy atom. The maximum Gasteiger partial charge on any atom is 0.356 e. The molecule has 0 N–H and O–H groups in total. The summed E-state index contributed by atoms with van der Waals surface area (Å²) >= 11 is 1.33. The normalized spacial score (nSPS) is 11.3. The molecule has 3 heterocycles. The zero-order chi connectivity index (χ0) is 14.4. The molecule has 0 saturated carbocycles. The topological polar surface area (TPSA) is 56.0 Å². The van der Waals surface area contributed by atoms with E-state index in [9.17, 15) is 4.79 Å². The van der Waals surface area contributed by atoms with Crippen LogP contribution >= 0.6 is 11.3 Å². The summed E-state index contributed by atoms with van der Waals surface area (Å²) < 4.78 is 5.38. The van der Waals surface area contributed by atoms with Crippen LogP contribution in [-0.2, 0) is 0 Å². The molecule has 0 saturated heterocycles. The lowest BCUT2D eigenvalue weighted by Crippen LogP contribution is -1.96. The van der Waals surface area contributed by atoms with Crippen molar-refractivity contribution in [2.24, 2.45) is 0 Å². The fraction of sp³-hybridized carbons (Fsp3) is 0.0625. The molecular weight excluding hydrogens is 284 g/mol. The summed E-state index contributed by atoms with van der Waals surface area (Å²) in [6.07, 6.45) is 1.20. The molecule has 0 spiro atoms. The van der Waals surface area contributed by atoms with Crippen molar-refractivity contribution in [3.63, 3.8) is 0 Å². The lowest BCUT2D eigenvalue weighted by atomic mass is 10.0. The summed E-state index contributed by atoms with van der Waals surface area (Å²) in [6, 6.07) is 12.1. The van der Waals surface area contributed by atoms with E-state index < -0.39 is 0 Å². The maximum atomic E-state index is 11.9. The predicted octanol–water partition coefficient (Wildman–Crippen LogP) is 3.77. The number of thiophene rings is 1. The number of pyridine rings is 1. The SMILES string of the molecule is Cc1cc(-c2ccccc2)c2c(n1)sc1c(=O)ocnc12. The number of nitrogens with zero attached hydrogens (tertiary/aromatic N) is 2. The van der Waals surface area contributed by atoms with Gasteiger partial charge in [0.2, 0.25) is 0 Å². The summed E-state index contributed by atoms with van der Waals surface area (Å²) in [6.45, 7) is 1.95. The van der Waals surface area contributed by atoms with Gasteiger partial charge in [-0.2, -0.15) is 0 Å². The minimum Gasteiger partial charge on any atom is -0.410 e. The molecule has 102 valence electrons. The Morgan fingerprint density at radius 3 is 2.81 bits per heavy atom. The highest BCUT2D eigenvalue weighted by Crippen LogP contribution is 2.36. The van der Waals surface area contributed by atoms with Crippen LogP contribution < -0.4 is 5.63 Å². The second-order valence-corrected chi connectivity index (χ2v) is 5.78. The molecule has 0 aliphatic carbocycles. The van der Waals surface area contributed by atoms with Gasteiger partial charge in [-0.3, -0.25) is 0 Å². The van der Waals surface area contributed by atoms with Crippen LogP contribution in [0.25, 0.3) is 31.6 Å². The molecule has 0 aliphatic heterocycles. The van der Waals surface area contributed by atoms with E-state index >= 15 is 0 Å². The molecule has 0 bridgehead atoms. The number of aryl methyl sites for hydroxylation is 1. The Hall–Kier alpha value is -2.53. The molecule has 4 rings (SSSR count). The van der Waals surface area contributed by atoms with E-state index in [1.165, 1.54) is 17.7 Å². The van der Waals surface area contributed by atoms with Gasteiger partial charge in [0.15, 0.2) is 6.39 Å². The van der Waals surface area contributed by atoms with Crippen molar-refractivity contribution >= 4 is 31.8 Å². The Balaban J connectivity index is 2.23. The van der Waals surface area contributed by atoms with E-state index in [-0.39, 0.29) is 5.63 Å². The number of aromatic nitrogens is 2. The van der Waals surface area contributed by atoms with Crippen molar-refractivity contribution in [1.82, 2.24) is 9.97 Å². The van der Waals surface area contributed by atoms with Gasteiger partial charge in [0.25, 0.3) is 0 Å². The first-order valence-electron chi connectivity index (χ1n) is 6.47. The van der Waals surface area contributed by atoms with Crippen molar-refractivity contribution in [2.75, 3.05) is 0 Å². The van der Waals surface area contributed by atoms with E-state index in [0.29, 0.717) is 10.2 Å². The lowest BCUT2D eigenvalue weighted by molar-refractivity contribution is 0.502. The molecule has 0 atom stereocenters. The fourth-order valence-corrected chi connectivity index (χ4v) is 3.57. The number of hydrogen-bond acceptors (Lipinski definition) is 5. The Morgan fingerprint density at radius 2 is 2.00 bits per heavy atom. The molecule has 1 aromatic carbocycles. The summed E-state index contributed by atoms with van der Waals surface area (Å²) in [5.41, 5.74) is 3.35. The third kappa shape index (κ3) is 1.86. The highest BCUT2D eigenvalue weighted by molar-refractivity contribution is 7.25. The second-order valence-electron chi connectivity index (χ2n) is 4.78. The number of benzene rings is 1. The van der Waals surface area contributed by atoms with Gasteiger partial charge in [-0.25, -0.2) is 14.8 Å². The van der Waals surface area contributed by atoms with E-state index in [4.69, 9.17) is 4.42 Å². The van der Waals surface area contributed by atoms with E-state index in [2.05, 4.69) is 9.97 Å². The highest BCUT2D eigenvalue weighted by atomic mass is 32.1. The quantitative estimate of drug-likeness (QED) is 0.536. The van der Waals surface area contributed by atoms with Crippen molar-refractivity contribution in [3.8, 4) is 11.1 Å². The molecule has 0 amide bonds. The van der Waals surface area contributed by atoms with Gasteiger partial charge in [0.1, 0.15) is 15.0 Å². The van der Waals surface area contributed by atoms with Crippen LogP contribution in [0.1, 0.15) is 5.69 Å². The van der Waals surface area contributed by atoms with E-state index in [1.54, 1.807) is 0 Å². The minimum atomic E-state index is -0.361. The summed E-state index contributed by atoms with van der Waals surface area (Å²) in [5.74, 6) is 0. The zero-order valence-electron chi connectivity index (χ0n) is 11.2. The fourth-order valence-electron chi connectivity index (χ4n) is 2.49. The average molecular weight is 294 g/mol. The third-order valence-corrected chi connectivity index (χ3v) is 4.43. The van der Waals surface area contributed by atoms with Crippen LogP contribution in [-0.4, -0.2) is 9.97 Å². The van der Waals surface area contributed by atoms with Crippen molar-refractivity contribution in [3.05, 3.63) is 58.9 Å². The van der Waals surface area contributed by atoms with E-state index in [1.807, 2.05) is 43.3 Å². The van der Waals surface area contributed by atoms with E-state index in [0.717, 1.165) is 27.0 Å². The molecule has 0 radical (unpaired) electrons. The Labute approximate surface area is 123 Å². The van der Waals surface area contributed by atoms with Gasteiger partial charge < -0.3 is 4.42 Å². The first-order chi connectivity index (χ1) is 10.2. The van der Waals surface area contributed by atoms with Gasteiger partial charge in [-0.05, 0) is 24.1 Å². The van der Waals surface area contributed by atoms with Crippen LogP contribution in [0, 0.1) is 6.92 Å². The largest absolute Gasteiger partial charge is 0.410 e. The number of fused-ring (bicyclic) bond motifs is 3. The van der Waals surface area contributed by atoms with Crippen LogP contribution in [0.15, 0.2) is 52.0 Å². The number of hydrogen-bond donors (Lipinski definition) is 0. The van der Waals surface area contributed by atoms with Gasteiger partial charge in [0.05, 0.1) is 0 Å². The minimum absolute atomic E-state index is 0.361. The molecule has 0 fully saturated rings. The smallest absolute Gasteiger partial charge is 0.356 e. The molecule has 21 heavy (non-hydrogen) atoms. The first-order valence-corrected chi connectivity index (χ1v) is 7.29. The molecule has 3 aromatic heterocycles. The molecule has 0 aliphatic rings. The zero-order valence-corrected chi connectivity index (χ0v) is 12.0. The van der Waals surface area contributed by atoms with Crippen molar-refractivity contribution < 1.29 is 4.42 Å². The highest BCUT2D eigenvalue weighted by Gasteiger charge is 2.16. The van der Waals surface area contributed by atoms with Crippen LogP contribution in [0.5, 0.6) is 0 Å². The van der Waals surface area contributed by atoms with Gasteiger partial charge in [-0.15, -0.1) is 11.3 Å². The Bertz CT molecular complexity index is 1020. The third-order valence-electron chi connectivity index (χ3n) is 3.38. The van der Waals surface area contributed by atoms with Crippen molar-refractivity contribution in [1.29, 1.82) is 0 Å². The monoisotopic (exact) mass is 294 g/mol. The lowest BCUT2D eigenvalue weighted by Gasteiger charge is -2.05. The first kappa shape index (κ1) is 12.2. The maximum absolute atomic E-state index is 11.9. The van der Waals surface area contributed by atoms with Gasteiger partial charge in [0, 0.05) is 11.1 Å². The summed E-state index contributed by atoms with van der Waals surface area (Å²) in [5, 5.41) is 0.916. The molecular formula is C16H10N2O2S. The van der Waals surface area contributed by atoms with Crippen molar-refractivity contribution in [2.45, 2.75) is 6.92 Å². The molecule has 4 nitrogen and oxygen atoms in total. The molecule has 4 aromatic rings. The van der Waals surface area contributed by atoms with Gasteiger partial charge in [-0.1, -0.05) is 30.3 Å². The van der Waals surface area contributed by atoms with Crippen LogP contribution in [0.4, 0.5) is 0 Å². The molecule has 5 heteroatoms. The average Bonchev–Trinajstić information content (AvgIpc) is 2.87. The summed E-state index contributed by atoms with van der Waals surface area (Å²) in [4.78, 5) is 21.5. The predicted molar refractivity (Wildman–Crippen MR) is 83.6 cm³/mol. The standard InChI is InChI=1S/C16H10N2O2S/c1-9-7-11(10-5-3-2-4-6-10)12-13-14(21-15(12)18-9)16(19)20-8-17-13/h2-8H,1H3. The van der Waals surface area contributed by atoms with Gasteiger partial charge >= 0.3 is 5.63 Å². The molecule has 0 unspecified atom stereocenters. The summed E-state index contributed by atoms with van der Waals surface area (Å²) in [7, 11) is 0. The van der Waals surface area contributed by atoms with Crippen LogP contribution in [0.2, 0.25) is 0 Å².